The van der Waals surface area contributed by atoms with Gasteiger partial charge in [-0.25, -0.2) is 9.07 Å². The van der Waals surface area contributed by atoms with Crippen LogP contribution in [0.1, 0.15) is 11.4 Å². The summed E-state index contributed by atoms with van der Waals surface area (Å²) < 4.78 is 20.4. The molecule has 0 saturated heterocycles. The molecule has 4 aromatic rings. The SMILES string of the molecule is Cc1nn(-c2ccccc2)c(C)c1-c1nc(-c2ccc(F)cc2)no1. The van der Waals surface area contributed by atoms with Gasteiger partial charge in [0.2, 0.25) is 5.82 Å². The van der Waals surface area contributed by atoms with Crippen molar-refractivity contribution >= 4 is 0 Å². The minimum Gasteiger partial charge on any atom is -0.333 e. The van der Waals surface area contributed by atoms with Crippen LogP contribution in [0.5, 0.6) is 0 Å². The van der Waals surface area contributed by atoms with Crippen LogP contribution in [-0.2, 0) is 0 Å². The lowest BCUT2D eigenvalue weighted by molar-refractivity contribution is 0.432. The Morgan fingerprint density at radius 1 is 0.960 bits per heavy atom. The molecule has 0 saturated carbocycles. The molecule has 4 rings (SSSR count). The molecular formula is C19H15FN4O. The summed E-state index contributed by atoms with van der Waals surface area (Å²) in [5, 5.41) is 8.60. The quantitative estimate of drug-likeness (QED) is 0.559. The van der Waals surface area contributed by atoms with Gasteiger partial charge >= 0.3 is 0 Å². The lowest BCUT2D eigenvalue weighted by Crippen LogP contribution is -1.98. The number of benzene rings is 2. The Morgan fingerprint density at radius 3 is 2.40 bits per heavy atom. The highest BCUT2D eigenvalue weighted by molar-refractivity contribution is 5.64. The molecule has 25 heavy (non-hydrogen) atoms. The molecular weight excluding hydrogens is 319 g/mol. The van der Waals surface area contributed by atoms with Crippen molar-refractivity contribution in [1.82, 2.24) is 19.9 Å². The van der Waals surface area contributed by atoms with Crippen molar-refractivity contribution in [2.75, 3.05) is 0 Å². The number of halogens is 1. The van der Waals surface area contributed by atoms with Crippen LogP contribution in [0.3, 0.4) is 0 Å². The van der Waals surface area contributed by atoms with E-state index in [-0.39, 0.29) is 5.82 Å². The van der Waals surface area contributed by atoms with Crippen molar-refractivity contribution in [3.8, 4) is 28.5 Å². The van der Waals surface area contributed by atoms with Crippen LogP contribution in [0.25, 0.3) is 28.5 Å². The molecule has 6 heteroatoms. The summed E-state index contributed by atoms with van der Waals surface area (Å²) in [6.45, 7) is 3.87. The minimum absolute atomic E-state index is 0.303. The first-order valence-electron chi connectivity index (χ1n) is 7.85. The summed E-state index contributed by atoms with van der Waals surface area (Å²) in [6, 6.07) is 15.8. The number of para-hydroxylation sites is 1. The molecule has 2 aromatic carbocycles. The highest BCUT2D eigenvalue weighted by Gasteiger charge is 2.20. The fraction of sp³-hybridized carbons (Fsp3) is 0.105. The summed E-state index contributed by atoms with van der Waals surface area (Å²) in [7, 11) is 0. The van der Waals surface area contributed by atoms with E-state index in [0.717, 1.165) is 22.6 Å². The van der Waals surface area contributed by atoms with Crippen LogP contribution >= 0.6 is 0 Å². The van der Waals surface area contributed by atoms with Crippen molar-refractivity contribution in [2.45, 2.75) is 13.8 Å². The predicted octanol–water partition coefficient (Wildman–Crippen LogP) is 4.35. The first-order chi connectivity index (χ1) is 12.1. The molecule has 0 aliphatic carbocycles. The van der Waals surface area contributed by atoms with Crippen LogP contribution < -0.4 is 0 Å². The Kier molecular flexibility index (Phi) is 3.65. The summed E-state index contributed by atoms with van der Waals surface area (Å²) in [6.07, 6.45) is 0. The Labute approximate surface area is 143 Å². The van der Waals surface area contributed by atoms with Gasteiger partial charge in [0.15, 0.2) is 0 Å². The number of rotatable bonds is 3. The molecule has 0 unspecified atom stereocenters. The maximum Gasteiger partial charge on any atom is 0.262 e. The van der Waals surface area contributed by atoms with Crippen molar-refractivity contribution < 1.29 is 8.91 Å². The number of hydrogen-bond acceptors (Lipinski definition) is 4. The minimum atomic E-state index is -0.303. The van der Waals surface area contributed by atoms with E-state index < -0.39 is 0 Å². The van der Waals surface area contributed by atoms with Gasteiger partial charge in [-0.1, -0.05) is 23.4 Å². The van der Waals surface area contributed by atoms with Gasteiger partial charge in [0.25, 0.3) is 5.89 Å². The number of aryl methyl sites for hydroxylation is 1. The van der Waals surface area contributed by atoms with Crippen LogP contribution in [0.2, 0.25) is 0 Å². The Morgan fingerprint density at radius 2 is 1.68 bits per heavy atom. The molecule has 0 aliphatic rings. The van der Waals surface area contributed by atoms with Gasteiger partial charge in [0.1, 0.15) is 5.82 Å². The zero-order valence-electron chi connectivity index (χ0n) is 13.8. The Bertz CT molecular complexity index is 1020. The second-order valence-corrected chi connectivity index (χ2v) is 5.72. The van der Waals surface area contributed by atoms with Gasteiger partial charge in [-0.2, -0.15) is 10.1 Å². The van der Waals surface area contributed by atoms with E-state index in [1.165, 1.54) is 12.1 Å². The molecule has 0 fully saturated rings. The van der Waals surface area contributed by atoms with E-state index >= 15 is 0 Å². The zero-order chi connectivity index (χ0) is 17.4. The molecule has 0 aliphatic heterocycles. The third-order valence-corrected chi connectivity index (χ3v) is 4.03. The van der Waals surface area contributed by atoms with Crippen LogP contribution in [0, 0.1) is 19.7 Å². The molecule has 2 aromatic heterocycles. The van der Waals surface area contributed by atoms with Crippen molar-refractivity contribution in [3.05, 3.63) is 71.8 Å². The number of aromatic nitrogens is 4. The monoisotopic (exact) mass is 334 g/mol. The van der Waals surface area contributed by atoms with Crippen LogP contribution in [0.15, 0.2) is 59.1 Å². The van der Waals surface area contributed by atoms with Gasteiger partial charge in [0.05, 0.1) is 22.6 Å². The normalized spacial score (nSPS) is 11.0. The standard InChI is InChI=1S/C19H15FN4O/c1-12-17(13(2)24(22-12)16-6-4-3-5-7-16)19-21-18(23-25-19)14-8-10-15(20)11-9-14/h3-11H,1-2H3. The largest absolute Gasteiger partial charge is 0.333 e. The molecule has 0 radical (unpaired) electrons. The zero-order valence-corrected chi connectivity index (χ0v) is 13.8. The molecule has 0 atom stereocenters. The highest BCUT2D eigenvalue weighted by atomic mass is 19.1. The predicted molar refractivity (Wildman–Crippen MR) is 91.7 cm³/mol. The first kappa shape index (κ1) is 15.3. The van der Waals surface area contributed by atoms with E-state index in [1.807, 2.05) is 48.9 Å². The van der Waals surface area contributed by atoms with Gasteiger partial charge in [0, 0.05) is 5.56 Å². The van der Waals surface area contributed by atoms with Crippen LogP contribution in [-0.4, -0.2) is 19.9 Å². The summed E-state index contributed by atoms with van der Waals surface area (Å²) in [4.78, 5) is 4.46. The smallest absolute Gasteiger partial charge is 0.262 e. The van der Waals surface area contributed by atoms with Crippen LogP contribution in [0.4, 0.5) is 4.39 Å². The van der Waals surface area contributed by atoms with E-state index in [2.05, 4.69) is 15.2 Å². The fourth-order valence-corrected chi connectivity index (χ4v) is 2.81. The Balaban J connectivity index is 1.76. The second-order valence-electron chi connectivity index (χ2n) is 5.72. The van der Waals surface area contributed by atoms with E-state index in [9.17, 15) is 4.39 Å². The topological polar surface area (TPSA) is 56.7 Å². The van der Waals surface area contributed by atoms with Crippen molar-refractivity contribution in [2.24, 2.45) is 0 Å². The third kappa shape index (κ3) is 2.71. The lowest BCUT2D eigenvalue weighted by Gasteiger charge is -2.03. The highest BCUT2D eigenvalue weighted by Crippen LogP contribution is 2.29. The maximum atomic E-state index is 13.1. The second kappa shape index (κ2) is 5.98. The fourth-order valence-electron chi connectivity index (χ4n) is 2.81. The van der Waals surface area contributed by atoms with Crippen molar-refractivity contribution in [1.29, 1.82) is 0 Å². The molecule has 0 spiro atoms. The summed E-state index contributed by atoms with van der Waals surface area (Å²) >= 11 is 0. The molecule has 124 valence electrons. The van der Waals surface area contributed by atoms with E-state index in [1.54, 1.807) is 12.1 Å². The van der Waals surface area contributed by atoms with Crippen molar-refractivity contribution in [3.63, 3.8) is 0 Å². The van der Waals surface area contributed by atoms with Gasteiger partial charge in [-0.3, -0.25) is 0 Å². The molecule has 0 N–H and O–H groups in total. The molecule has 0 bridgehead atoms. The molecule has 5 nitrogen and oxygen atoms in total. The number of hydrogen-bond donors (Lipinski definition) is 0. The van der Waals surface area contributed by atoms with Gasteiger partial charge in [-0.15, -0.1) is 0 Å². The third-order valence-electron chi connectivity index (χ3n) is 4.03. The van der Waals surface area contributed by atoms with Gasteiger partial charge in [-0.05, 0) is 50.2 Å². The maximum absolute atomic E-state index is 13.1. The Hall–Kier alpha value is -3.28. The average Bonchev–Trinajstić information content (AvgIpc) is 3.21. The average molecular weight is 334 g/mol. The van der Waals surface area contributed by atoms with Gasteiger partial charge < -0.3 is 4.52 Å². The van der Waals surface area contributed by atoms with E-state index in [4.69, 9.17) is 4.52 Å². The molecule has 2 heterocycles. The number of nitrogens with zero attached hydrogens (tertiary/aromatic N) is 4. The summed E-state index contributed by atoms with van der Waals surface area (Å²) in [5.74, 6) is 0.515. The first-order valence-corrected chi connectivity index (χ1v) is 7.85. The van der Waals surface area contributed by atoms with E-state index in [0.29, 0.717) is 17.3 Å². The summed E-state index contributed by atoms with van der Waals surface area (Å²) in [5.41, 5.74) is 4.19. The lowest BCUT2D eigenvalue weighted by atomic mass is 10.2. The molecule has 0 amide bonds.